The number of rotatable bonds is 4. The summed E-state index contributed by atoms with van der Waals surface area (Å²) >= 11 is 0. The Labute approximate surface area is 116 Å². The molecule has 4 heteroatoms. The van der Waals surface area contributed by atoms with Crippen LogP contribution >= 0.6 is 0 Å². The summed E-state index contributed by atoms with van der Waals surface area (Å²) in [6.07, 6.45) is 2.32. The molecule has 1 N–H and O–H groups in total. The van der Waals surface area contributed by atoms with Crippen molar-refractivity contribution in [2.75, 3.05) is 12.0 Å². The molecule has 19 heavy (non-hydrogen) atoms. The van der Waals surface area contributed by atoms with Gasteiger partial charge >= 0.3 is 0 Å². The van der Waals surface area contributed by atoms with Gasteiger partial charge < -0.3 is 5.32 Å². The molecule has 0 saturated carbocycles. The number of fused-ring (bicyclic) bond motifs is 1. The molecule has 1 aliphatic rings. The molecule has 0 bridgehead atoms. The average molecular weight is 281 g/mol. The lowest BCUT2D eigenvalue weighted by atomic mass is 9.85. The normalized spacial score (nSPS) is 23.1. The third-order valence-electron chi connectivity index (χ3n) is 3.80. The molecule has 106 valence electrons. The second kappa shape index (κ2) is 4.91. The molecule has 1 aromatic carbocycles. The Morgan fingerprint density at radius 3 is 2.63 bits per heavy atom. The third-order valence-corrected chi connectivity index (χ3v) is 4.90. The van der Waals surface area contributed by atoms with Gasteiger partial charge in [-0.2, -0.15) is 0 Å². The molecule has 2 rings (SSSR count). The van der Waals surface area contributed by atoms with Crippen molar-refractivity contribution in [1.29, 1.82) is 0 Å². The summed E-state index contributed by atoms with van der Waals surface area (Å²) in [6, 6.07) is 8.62. The molecule has 0 amide bonds. The topological polar surface area (TPSA) is 46.2 Å². The second-order valence-electron chi connectivity index (χ2n) is 6.46. The highest BCUT2D eigenvalue weighted by Gasteiger charge is 2.39. The van der Waals surface area contributed by atoms with Gasteiger partial charge in [0.25, 0.3) is 0 Å². The molecular formula is C15H23NO2S. The maximum Gasteiger partial charge on any atom is 0.148 e. The van der Waals surface area contributed by atoms with Crippen LogP contribution in [0, 0.1) is 5.41 Å². The van der Waals surface area contributed by atoms with Crippen LogP contribution in [0.1, 0.15) is 37.9 Å². The zero-order chi connectivity index (χ0) is 14.3. The standard InChI is InChI=1S/C15H23NO2S/c1-11(10-19(4,17)18)16-14-13-8-6-5-7-12(13)9-15(14,2)3/h5-8,11,14,16H,9-10H2,1-4H3. The highest BCUT2D eigenvalue weighted by atomic mass is 32.2. The predicted octanol–water partition coefficient (Wildman–Crippen LogP) is 2.33. The summed E-state index contributed by atoms with van der Waals surface area (Å²) in [5.74, 6) is 0.182. The fourth-order valence-corrected chi connectivity index (χ4v) is 4.10. The van der Waals surface area contributed by atoms with Gasteiger partial charge in [0.2, 0.25) is 0 Å². The molecule has 0 heterocycles. The van der Waals surface area contributed by atoms with Crippen molar-refractivity contribution >= 4 is 9.84 Å². The molecule has 1 aromatic rings. The van der Waals surface area contributed by atoms with Gasteiger partial charge in [-0.05, 0) is 29.9 Å². The zero-order valence-electron chi connectivity index (χ0n) is 12.1. The van der Waals surface area contributed by atoms with Gasteiger partial charge in [0.15, 0.2) is 0 Å². The Morgan fingerprint density at radius 1 is 1.37 bits per heavy atom. The van der Waals surface area contributed by atoms with Crippen molar-refractivity contribution in [3.8, 4) is 0 Å². The first-order chi connectivity index (χ1) is 8.69. The van der Waals surface area contributed by atoms with E-state index in [1.807, 2.05) is 6.92 Å². The number of sulfone groups is 1. The van der Waals surface area contributed by atoms with Crippen LogP contribution in [0.15, 0.2) is 24.3 Å². The maximum absolute atomic E-state index is 11.4. The molecule has 0 saturated heterocycles. The lowest BCUT2D eigenvalue weighted by molar-refractivity contribution is 0.256. The van der Waals surface area contributed by atoms with E-state index >= 15 is 0 Å². The van der Waals surface area contributed by atoms with Crippen LogP contribution in [0.5, 0.6) is 0 Å². The smallest absolute Gasteiger partial charge is 0.148 e. The van der Waals surface area contributed by atoms with Gasteiger partial charge in [-0.15, -0.1) is 0 Å². The van der Waals surface area contributed by atoms with Crippen molar-refractivity contribution in [3.63, 3.8) is 0 Å². The van der Waals surface area contributed by atoms with Crippen LogP contribution in [0.4, 0.5) is 0 Å². The van der Waals surface area contributed by atoms with E-state index in [9.17, 15) is 8.42 Å². The molecule has 0 fully saturated rings. The van der Waals surface area contributed by atoms with E-state index in [0.717, 1.165) is 6.42 Å². The van der Waals surface area contributed by atoms with E-state index in [1.165, 1.54) is 17.4 Å². The minimum Gasteiger partial charge on any atom is -0.306 e. The first-order valence-electron chi connectivity index (χ1n) is 6.71. The zero-order valence-corrected chi connectivity index (χ0v) is 12.9. The first-order valence-corrected chi connectivity index (χ1v) is 8.77. The number of hydrogen-bond donors (Lipinski definition) is 1. The first kappa shape index (κ1) is 14.5. The number of benzene rings is 1. The fraction of sp³-hybridized carbons (Fsp3) is 0.600. The number of hydrogen-bond acceptors (Lipinski definition) is 3. The van der Waals surface area contributed by atoms with Crippen LogP contribution in [0.2, 0.25) is 0 Å². The van der Waals surface area contributed by atoms with Crippen LogP contribution in [0.3, 0.4) is 0 Å². The van der Waals surface area contributed by atoms with Crippen molar-refractivity contribution in [3.05, 3.63) is 35.4 Å². The summed E-state index contributed by atoms with van der Waals surface area (Å²) in [7, 11) is -2.94. The van der Waals surface area contributed by atoms with Gasteiger partial charge in [-0.1, -0.05) is 38.1 Å². The maximum atomic E-state index is 11.4. The minimum atomic E-state index is -2.94. The van der Waals surface area contributed by atoms with Crippen LogP contribution in [-0.4, -0.2) is 26.5 Å². The molecule has 0 aliphatic heterocycles. The van der Waals surface area contributed by atoms with Gasteiger partial charge in [0, 0.05) is 18.3 Å². The lowest BCUT2D eigenvalue weighted by Gasteiger charge is -2.31. The van der Waals surface area contributed by atoms with E-state index in [4.69, 9.17) is 0 Å². The van der Waals surface area contributed by atoms with Crippen molar-refractivity contribution < 1.29 is 8.42 Å². The number of nitrogens with one attached hydrogen (secondary N) is 1. The van der Waals surface area contributed by atoms with Crippen LogP contribution in [0.25, 0.3) is 0 Å². The third kappa shape index (κ3) is 3.37. The molecule has 1 aliphatic carbocycles. The van der Waals surface area contributed by atoms with Crippen molar-refractivity contribution in [1.82, 2.24) is 5.32 Å². The van der Waals surface area contributed by atoms with Gasteiger partial charge in [-0.25, -0.2) is 8.42 Å². The molecule has 3 nitrogen and oxygen atoms in total. The van der Waals surface area contributed by atoms with E-state index in [0.29, 0.717) is 0 Å². The molecule has 0 aromatic heterocycles. The molecule has 2 unspecified atom stereocenters. The van der Waals surface area contributed by atoms with E-state index in [2.05, 4.69) is 43.4 Å². The molecule has 0 radical (unpaired) electrons. The monoisotopic (exact) mass is 281 g/mol. The summed E-state index contributed by atoms with van der Waals surface area (Å²) in [6.45, 7) is 6.41. The Morgan fingerprint density at radius 2 is 2.00 bits per heavy atom. The average Bonchev–Trinajstić information content (AvgIpc) is 2.47. The summed E-state index contributed by atoms with van der Waals surface area (Å²) in [4.78, 5) is 0. The molecule has 2 atom stereocenters. The van der Waals surface area contributed by atoms with Gasteiger partial charge in [0.1, 0.15) is 9.84 Å². The molecule has 0 spiro atoms. The van der Waals surface area contributed by atoms with Gasteiger partial charge in [-0.3, -0.25) is 0 Å². The summed E-state index contributed by atoms with van der Waals surface area (Å²) < 4.78 is 22.8. The van der Waals surface area contributed by atoms with E-state index in [1.54, 1.807) is 0 Å². The highest BCUT2D eigenvalue weighted by Crippen LogP contribution is 2.45. The highest BCUT2D eigenvalue weighted by molar-refractivity contribution is 7.90. The Balaban J connectivity index is 2.19. The van der Waals surface area contributed by atoms with Crippen LogP contribution < -0.4 is 5.32 Å². The largest absolute Gasteiger partial charge is 0.306 e. The Kier molecular flexibility index (Phi) is 3.76. The Hall–Kier alpha value is -0.870. The summed E-state index contributed by atoms with van der Waals surface area (Å²) in [5.41, 5.74) is 2.81. The Bertz CT molecular complexity index is 563. The lowest BCUT2D eigenvalue weighted by Crippen LogP contribution is -2.40. The molecular weight excluding hydrogens is 258 g/mol. The summed E-state index contributed by atoms with van der Waals surface area (Å²) in [5, 5.41) is 3.50. The van der Waals surface area contributed by atoms with Crippen molar-refractivity contribution in [2.45, 2.75) is 39.3 Å². The van der Waals surface area contributed by atoms with Crippen molar-refractivity contribution in [2.24, 2.45) is 5.41 Å². The fourth-order valence-electron chi connectivity index (χ4n) is 3.09. The SMILES string of the molecule is CC(CS(C)(=O)=O)NC1c2ccccc2CC1(C)C. The van der Waals surface area contributed by atoms with Gasteiger partial charge in [0.05, 0.1) is 5.75 Å². The quantitative estimate of drug-likeness (QED) is 0.921. The van der Waals surface area contributed by atoms with Crippen LogP contribution in [-0.2, 0) is 16.3 Å². The van der Waals surface area contributed by atoms with E-state index < -0.39 is 9.84 Å². The van der Waals surface area contributed by atoms with E-state index in [-0.39, 0.29) is 23.3 Å². The predicted molar refractivity (Wildman–Crippen MR) is 79.0 cm³/mol. The minimum absolute atomic E-state index is 0.0366. The second-order valence-corrected chi connectivity index (χ2v) is 8.64.